The van der Waals surface area contributed by atoms with Gasteiger partial charge in [0.1, 0.15) is 5.15 Å². The Morgan fingerprint density at radius 1 is 1.14 bits per heavy atom. The Morgan fingerprint density at radius 2 is 1.95 bits per heavy atom. The molecule has 1 aromatic carbocycles. The van der Waals surface area contributed by atoms with Crippen molar-refractivity contribution in [3.63, 3.8) is 0 Å². The van der Waals surface area contributed by atoms with E-state index >= 15 is 0 Å². The van der Waals surface area contributed by atoms with Crippen LogP contribution < -0.4 is 0 Å². The van der Waals surface area contributed by atoms with Crippen LogP contribution in [0.25, 0.3) is 10.9 Å². The molecule has 21 heavy (non-hydrogen) atoms. The molecule has 2 aromatic heterocycles. The van der Waals surface area contributed by atoms with E-state index in [1.165, 1.54) is 0 Å². The van der Waals surface area contributed by atoms with Crippen molar-refractivity contribution in [2.24, 2.45) is 10.2 Å². The molecule has 0 spiro atoms. The van der Waals surface area contributed by atoms with Crippen LogP contribution in [0.1, 0.15) is 10.4 Å². The monoisotopic (exact) mass is 377 g/mol. The summed E-state index contributed by atoms with van der Waals surface area (Å²) in [6, 6.07) is 11.7. The summed E-state index contributed by atoms with van der Waals surface area (Å²) in [7, 11) is 0. The van der Waals surface area contributed by atoms with E-state index in [9.17, 15) is 0 Å². The van der Waals surface area contributed by atoms with Gasteiger partial charge in [-0.25, -0.2) is 4.98 Å². The molecular formula is C15H9BrClN3S. The van der Waals surface area contributed by atoms with Crippen molar-refractivity contribution < 1.29 is 0 Å². The van der Waals surface area contributed by atoms with E-state index in [-0.39, 0.29) is 0 Å². The topological polar surface area (TPSA) is 37.6 Å². The number of para-hydroxylation sites is 1. The fourth-order valence-electron chi connectivity index (χ4n) is 1.78. The first-order valence-electron chi connectivity index (χ1n) is 6.08. The lowest BCUT2D eigenvalue weighted by Gasteiger charge is -2.00. The fourth-order valence-corrected chi connectivity index (χ4v) is 3.27. The number of hydrogen-bond acceptors (Lipinski definition) is 4. The van der Waals surface area contributed by atoms with Gasteiger partial charge in [-0.05, 0) is 34.1 Å². The maximum Gasteiger partial charge on any atom is 0.138 e. The highest BCUT2D eigenvalue weighted by atomic mass is 79.9. The summed E-state index contributed by atoms with van der Waals surface area (Å²) in [5, 5.41) is 11.5. The second kappa shape index (κ2) is 6.47. The van der Waals surface area contributed by atoms with E-state index in [1.54, 1.807) is 23.8 Å². The molecule has 0 atom stereocenters. The third-order valence-electron chi connectivity index (χ3n) is 2.74. The van der Waals surface area contributed by atoms with Crippen molar-refractivity contribution in [1.29, 1.82) is 0 Å². The van der Waals surface area contributed by atoms with E-state index in [0.717, 1.165) is 25.8 Å². The van der Waals surface area contributed by atoms with Crippen LogP contribution in [0.15, 0.2) is 56.5 Å². The summed E-state index contributed by atoms with van der Waals surface area (Å²) in [6.07, 6.45) is 3.31. The Bertz CT molecular complexity index is 842. The van der Waals surface area contributed by atoms with E-state index in [2.05, 4.69) is 31.1 Å². The van der Waals surface area contributed by atoms with E-state index in [1.807, 2.05) is 41.8 Å². The van der Waals surface area contributed by atoms with Crippen LogP contribution in [0.4, 0.5) is 0 Å². The largest absolute Gasteiger partial charge is 0.235 e. The highest BCUT2D eigenvalue weighted by molar-refractivity contribution is 9.10. The van der Waals surface area contributed by atoms with Gasteiger partial charge in [-0.15, -0.1) is 11.3 Å². The van der Waals surface area contributed by atoms with Crippen molar-refractivity contribution in [1.82, 2.24) is 4.98 Å². The van der Waals surface area contributed by atoms with Crippen molar-refractivity contribution in [2.75, 3.05) is 0 Å². The number of pyridine rings is 1. The van der Waals surface area contributed by atoms with Gasteiger partial charge in [0.25, 0.3) is 0 Å². The summed E-state index contributed by atoms with van der Waals surface area (Å²) in [5.74, 6) is 0. The number of nitrogens with zero attached hydrogens (tertiary/aromatic N) is 3. The Kier molecular flexibility index (Phi) is 4.43. The lowest BCUT2D eigenvalue weighted by atomic mass is 10.2. The molecule has 0 bridgehead atoms. The number of thiophene rings is 1. The number of halogens is 2. The maximum absolute atomic E-state index is 6.14. The van der Waals surface area contributed by atoms with Gasteiger partial charge in [0.2, 0.25) is 0 Å². The second-order valence-electron chi connectivity index (χ2n) is 4.22. The third-order valence-corrected chi connectivity index (χ3v) is 4.67. The first-order chi connectivity index (χ1) is 10.2. The van der Waals surface area contributed by atoms with Crippen molar-refractivity contribution in [3.8, 4) is 0 Å². The average molecular weight is 379 g/mol. The summed E-state index contributed by atoms with van der Waals surface area (Å²) in [4.78, 5) is 5.36. The normalized spacial score (nSPS) is 11.9. The summed E-state index contributed by atoms with van der Waals surface area (Å²) >= 11 is 11.1. The minimum Gasteiger partial charge on any atom is -0.235 e. The van der Waals surface area contributed by atoms with Gasteiger partial charge in [-0.1, -0.05) is 29.8 Å². The molecular weight excluding hydrogens is 370 g/mol. The molecule has 0 amide bonds. The molecule has 0 radical (unpaired) electrons. The quantitative estimate of drug-likeness (QED) is 0.352. The fraction of sp³-hybridized carbons (Fsp3) is 0. The molecule has 0 unspecified atom stereocenters. The van der Waals surface area contributed by atoms with Gasteiger partial charge in [-0.2, -0.15) is 10.2 Å². The lowest BCUT2D eigenvalue weighted by Crippen LogP contribution is -1.88. The third kappa shape index (κ3) is 3.56. The molecule has 104 valence electrons. The van der Waals surface area contributed by atoms with E-state index < -0.39 is 0 Å². The van der Waals surface area contributed by atoms with Crippen molar-refractivity contribution in [2.45, 2.75) is 0 Å². The molecule has 0 saturated carbocycles. The molecule has 0 aliphatic heterocycles. The van der Waals surface area contributed by atoms with E-state index in [4.69, 9.17) is 11.6 Å². The smallest absolute Gasteiger partial charge is 0.138 e. The van der Waals surface area contributed by atoms with Crippen LogP contribution in [0.5, 0.6) is 0 Å². The zero-order valence-corrected chi connectivity index (χ0v) is 13.9. The lowest BCUT2D eigenvalue weighted by molar-refractivity contribution is 1.26. The zero-order valence-electron chi connectivity index (χ0n) is 10.7. The Balaban J connectivity index is 1.82. The minimum absolute atomic E-state index is 0.423. The standard InChI is InChI=1S/C15H9BrClN3S/c16-12-6-13(21-9-12)8-19-18-7-11-5-10-3-1-2-4-14(10)20-15(11)17/h1-9H/b18-7?,19-8-. The van der Waals surface area contributed by atoms with Crippen LogP contribution in [0, 0.1) is 0 Å². The Morgan fingerprint density at radius 3 is 2.76 bits per heavy atom. The van der Waals surface area contributed by atoms with Gasteiger partial charge >= 0.3 is 0 Å². The van der Waals surface area contributed by atoms with Gasteiger partial charge in [-0.3, -0.25) is 0 Å². The van der Waals surface area contributed by atoms with Gasteiger partial charge in [0.05, 0.1) is 17.9 Å². The number of hydrogen-bond donors (Lipinski definition) is 0. The molecule has 0 fully saturated rings. The number of benzene rings is 1. The van der Waals surface area contributed by atoms with Crippen LogP contribution in [-0.4, -0.2) is 17.4 Å². The Labute approximate surface area is 139 Å². The van der Waals surface area contributed by atoms with Crippen LogP contribution in [0.2, 0.25) is 5.15 Å². The predicted molar refractivity (Wildman–Crippen MR) is 94.0 cm³/mol. The van der Waals surface area contributed by atoms with Crippen molar-refractivity contribution >= 4 is 62.2 Å². The first kappa shape index (κ1) is 14.4. The number of fused-ring (bicyclic) bond motifs is 1. The van der Waals surface area contributed by atoms with Gasteiger partial charge < -0.3 is 0 Å². The Hall–Kier alpha value is -1.56. The second-order valence-corrected chi connectivity index (χ2v) is 6.43. The summed E-state index contributed by atoms with van der Waals surface area (Å²) in [6.45, 7) is 0. The molecule has 0 N–H and O–H groups in total. The van der Waals surface area contributed by atoms with E-state index in [0.29, 0.717) is 5.15 Å². The SMILES string of the molecule is Clc1nc2ccccc2cc1C=N/N=C\c1cc(Br)cs1. The molecule has 0 aliphatic carbocycles. The molecule has 0 aliphatic rings. The zero-order chi connectivity index (χ0) is 14.7. The van der Waals surface area contributed by atoms with Gasteiger partial charge in [0.15, 0.2) is 0 Å². The number of aromatic nitrogens is 1. The molecule has 6 heteroatoms. The number of rotatable bonds is 3. The molecule has 0 saturated heterocycles. The molecule has 3 aromatic rings. The summed E-state index contributed by atoms with van der Waals surface area (Å²) < 4.78 is 1.04. The molecule has 2 heterocycles. The average Bonchev–Trinajstić information content (AvgIpc) is 2.89. The highest BCUT2D eigenvalue weighted by Gasteiger charge is 2.02. The van der Waals surface area contributed by atoms with Gasteiger partial charge in [0, 0.05) is 25.7 Å². The van der Waals surface area contributed by atoms with Crippen LogP contribution in [-0.2, 0) is 0 Å². The first-order valence-corrected chi connectivity index (χ1v) is 8.13. The van der Waals surface area contributed by atoms with Crippen LogP contribution in [0.3, 0.4) is 0 Å². The van der Waals surface area contributed by atoms with Crippen molar-refractivity contribution in [3.05, 3.63) is 61.8 Å². The predicted octanol–water partition coefficient (Wildman–Crippen LogP) is 5.17. The molecule has 3 rings (SSSR count). The summed E-state index contributed by atoms with van der Waals surface area (Å²) in [5.41, 5.74) is 1.62. The maximum atomic E-state index is 6.14. The highest BCUT2D eigenvalue weighted by Crippen LogP contribution is 2.19. The molecule has 3 nitrogen and oxygen atoms in total. The minimum atomic E-state index is 0.423. The van der Waals surface area contributed by atoms with Crippen LogP contribution >= 0.6 is 38.9 Å².